The summed E-state index contributed by atoms with van der Waals surface area (Å²) in [4.78, 5) is 0. The Hall–Kier alpha value is -1.25. The van der Waals surface area contributed by atoms with Crippen LogP contribution in [0, 0.1) is 5.82 Å². The largest absolute Gasteiger partial charge is 0.486 e. The minimum Gasteiger partial charge on any atom is -0.486 e. The molecule has 1 aliphatic heterocycles. The zero-order valence-electron chi connectivity index (χ0n) is 9.26. The van der Waals surface area contributed by atoms with E-state index in [1.54, 1.807) is 6.07 Å². The molecule has 0 bridgehead atoms. The first-order chi connectivity index (χ1) is 6.98. The van der Waals surface area contributed by atoms with Crippen molar-refractivity contribution in [2.75, 3.05) is 13.2 Å². The van der Waals surface area contributed by atoms with Crippen LogP contribution in [0.1, 0.15) is 26.3 Å². The molecule has 3 heteroatoms. The Bertz CT molecular complexity index is 380. The molecule has 2 rings (SSSR count). The first-order valence-electron chi connectivity index (χ1n) is 5.08. The van der Waals surface area contributed by atoms with E-state index in [1.807, 2.05) is 20.8 Å². The number of hydrogen-bond donors (Lipinski definition) is 0. The van der Waals surface area contributed by atoms with Gasteiger partial charge in [0, 0.05) is 6.07 Å². The van der Waals surface area contributed by atoms with E-state index in [1.165, 1.54) is 6.07 Å². The lowest BCUT2D eigenvalue weighted by molar-refractivity contribution is 0.170. The fraction of sp³-hybridized carbons (Fsp3) is 0.500. The number of ether oxygens (including phenoxy) is 2. The molecule has 0 fully saturated rings. The Kier molecular flexibility index (Phi) is 2.33. The molecule has 0 atom stereocenters. The monoisotopic (exact) mass is 210 g/mol. The summed E-state index contributed by atoms with van der Waals surface area (Å²) in [6.07, 6.45) is 0. The molecule has 0 radical (unpaired) electrons. The molecule has 1 aliphatic rings. The Labute approximate surface area is 89.0 Å². The molecular weight excluding hydrogens is 195 g/mol. The normalized spacial score (nSPS) is 15.2. The average molecular weight is 210 g/mol. The van der Waals surface area contributed by atoms with Crippen LogP contribution in [0.3, 0.4) is 0 Å². The number of halogens is 1. The van der Waals surface area contributed by atoms with Crippen molar-refractivity contribution in [1.29, 1.82) is 0 Å². The van der Waals surface area contributed by atoms with E-state index in [0.29, 0.717) is 30.3 Å². The van der Waals surface area contributed by atoms with Crippen LogP contribution in [-0.2, 0) is 5.41 Å². The van der Waals surface area contributed by atoms with Crippen molar-refractivity contribution in [3.8, 4) is 11.5 Å². The van der Waals surface area contributed by atoms with Crippen molar-refractivity contribution in [1.82, 2.24) is 0 Å². The van der Waals surface area contributed by atoms with E-state index in [9.17, 15) is 4.39 Å². The van der Waals surface area contributed by atoms with Gasteiger partial charge in [-0.2, -0.15) is 0 Å². The third kappa shape index (κ3) is 1.91. The van der Waals surface area contributed by atoms with Gasteiger partial charge in [-0.05, 0) is 17.0 Å². The molecule has 0 saturated carbocycles. The van der Waals surface area contributed by atoms with Gasteiger partial charge in [-0.3, -0.25) is 0 Å². The van der Waals surface area contributed by atoms with Gasteiger partial charge in [0.05, 0.1) is 0 Å². The molecule has 1 aromatic carbocycles. The van der Waals surface area contributed by atoms with Crippen LogP contribution in [-0.4, -0.2) is 13.2 Å². The van der Waals surface area contributed by atoms with Crippen molar-refractivity contribution < 1.29 is 13.9 Å². The van der Waals surface area contributed by atoms with Gasteiger partial charge < -0.3 is 9.47 Å². The second-order valence-electron chi connectivity index (χ2n) is 4.73. The van der Waals surface area contributed by atoms with Crippen molar-refractivity contribution in [3.63, 3.8) is 0 Å². The topological polar surface area (TPSA) is 18.5 Å². The molecule has 0 spiro atoms. The summed E-state index contributed by atoms with van der Waals surface area (Å²) >= 11 is 0. The Balaban J connectivity index is 2.50. The number of hydrogen-bond acceptors (Lipinski definition) is 2. The zero-order chi connectivity index (χ0) is 11.1. The highest BCUT2D eigenvalue weighted by molar-refractivity contribution is 5.46. The van der Waals surface area contributed by atoms with Gasteiger partial charge in [0.1, 0.15) is 19.0 Å². The molecular formula is C12H15FO2. The highest BCUT2D eigenvalue weighted by atomic mass is 19.1. The van der Waals surface area contributed by atoms with E-state index >= 15 is 0 Å². The Morgan fingerprint density at radius 2 is 1.60 bits per heavy atom. The van der Waals surface area contributed by atoms with Gasteiger partial charge in [0.15, 0.2) is 11.5 Å². The lowest BCUT2D eigenvalue weighted by atomic mass is 9.86. The fourth-order valence-corrected chi connectivity index (χ4v) is 1.64. The van der Waals surface area contributed by atoms with Gasteiger partial charge in [0.25, 0.3) is 0 Å². The van der Waals surface area contributed by atoms with E-state index in [0.717, 1.165) is 0 Å². The molecule has 0 aliphatic carbocycles. The van der Waals surface area contributed by atoms with Crippen molar-refractivity contribution >= 4 is 0 Å². The standard InChI is InChI=1S/C12H15FO2/c1-12(2,3)8-6-10-11(7-9(8)13)15-5-4-14-10/h6-7H,4-5H2,1-3H3. The number of fused-ring (bicyclic) bond motifs is 1. The summed E-state index contributed by atoms with van der Waals surface area (Å²) < 4.78 is 24.5. The van der Waals surface area contributed by atoms with Crippen molar-refractivity contribution in [2.24, 2.45) is 0 Å². The predicted octanol–water partition coefficient (Wildman–Crippen LogP) is 2.89. The van der Waals surface area contributed by atoms with Gasteiger partial charge in [-0.15, -0.1) is 0 Å². The first kappa shape index (κ1) is 10.3. The highest BCUT2D eigenvalue weighted by Gasteiger charge is 2.23. The van der Waals surface area contributed by atoms with Crippen LogP contribution in [0.4, 0.5) is 4.39 Å². The maximum Gasteiger partial charge on any atom is 0.164 e. The first-order valence-corrected chi connectivity index (χ1v) is 5.08. The maximum absolute atomic E-state index is 13.7. The van der Waals surface area contributed by atoms with Crippen molar-refractivity contribution in [2.45, 2.75) is 26.2 Å². The maximum atomic E-state index is 13.7. The second-order valence-corrected chi connectivity index (χ2v) is 4.73. The lowest BCUT2D eigenvalue weighted by Crippen LogP contribution is -2.19. The summed E-state index contributed by atoms with van der Waals surface area (Å²) in [6.45, 7) is 6.94. The Morgan fingerprint density at radius 3 is 2.13 bits per heavy atom. The van der Waals surface area contributed by atoms with Gasteiger partial charge in [-0.1, -0.05) is 20.8 Å². The van der Waals surface area contributed by atoms with Gasteiger partial charge in [-0.25, -0.2) is 4.39 Å². The average Bonchev–Trinajstić information content (AvgIpc) is 2.15. The lowest BCUT2D eigenvalue weighted by Gasteiger charge is -2.24. The molecule has 0 amide bonds. The molecule has 82 valence electrons. The van der Waals surface area contributed by atoms with E-state index in [-0.39, 0.29) is 11.2 Å². The summed E-state index contributed by atoms with van der Waals surface area (Å²) in [7, 11) is 0. The van der Waals surface area contributed by atoms with Crippen LogP contribution in [0.15, 0.2) is 12.1 Å². The minimum absolute atomic E-state index is 0.222. The van der Waals surface area contributed by atoms with Gasteiger partial charge in [0.2, 0.25) is 0 Å². The number of rotatable bonds is 0. The summed E-state index contributed by atoms with van der Waals surface area (Å²) in [6, 6.07) is 3.15. The molecule has 1 aromatic rings. The SMILES string of the molecule is CC(C)(C)c1cc2c(cc1F)OCCO2. The molecule has 2 nitrogen and oxygen atoms in total. The third-order valence-electron chi connectivity index (χ3n) is 2.44. The van der Waals surface area contributed by atoms with Crippen LogP contribution in [0.25, 0.3) is 0 Å². The smallest absolute Gasteiger partial charge is 0.164 e. The third-order valence-corrected chi connectivity index (χ3v) is 2.44. The molecule has 0 unspecified atom stereocenters. The van der Waals surface area contributed by atoms with E-state index < -0.39 is 0 Å². The molecule has 0 saturated heterocycles. The zero-order valence-corrected chi connectivity index (χ0v) is 9.26. The van der Waals surface area contributed by atoms with Crippen molar-refractivity contribution in [3.05, 3.63) is 23.5 Å². The van der Waals surface area contributed by atoms with Crippen LogP contribution in [0.2, 0.25) is 0 Å². The van der Waals surface area contributed by atoms with E-state index in [4.69, 9.17) is 9.47 Å². The van der Waals surface area contributed by atoms with E-state index in [2.05, 4.69) is 0 Å². The Morgan fingerprint density at radius 1 is 1.07 bits per heavy atom. The molecule has 0 aromatic heterocycles. The van der Waals surface area contributed by atoms with Gasteiger partial charge >= 0.3 is 0 Å². The summed E-state index contributed by atoms with van der Waals surface area (Å²) in [5, 5.41) is 0. The molecule has 0 N–H and O–H groups in total. The quantitative estimate of drug-likeness (QED) is 0.655. The minimum atomic E-state index is -0.230. The van der Waals surface area contributed by atoms with Crippen LogP contribution in [0.5, 0.6) is 11.5 Å². The summed E-state index contributed by atoms with van der Waals surface area (Å²) in [5.41, 5.74) is 0.437. The predicted molar refractivity (Wildman–Crippen MR) is 56.1 cm³/mol. The second kappa shape index (κ2) is 3.40. The number of benzene rings is 1. The summed E-state index contributed by atoms with van der Waals surface area (Å²) in [5.74, 6) is 0.922. The van der Waals surface area contributed by atoms with Crippen LogP contribution < -0.4 is 9.47 Å². The molecule has 15 heavy (non-hydrogen) atoms. The highest BCUT2D eigenvalue weighted by Crippen LogP contribution is 2.36. The molecule has 1 heterocycles. The van der Waals surface area contributed by atoms with Crippen LogP contribution >= 0.6 is 0 Å². The fourth-order valence-electron chi connectivity index (χ4n) is 1.64.